The quantitative estimate of drug-likeness (QED) is 0.591. The van der Waals surface area contributed by atoms with Crippen LogP contribution in [0, 0.1) is 0 Å². The van der Waals surface area contributed by atoms with Crippen LogP contribution >= 0.6 is 0 Å². The Labute approximate surface area is 183 Å². The normalized spacial score (nSPS) is 14.3. The number of ether oxygens (including phenoxy) is 1. The first-order valence-electron chi connectivity index (χ1n) is 10.5. The molecule has 0 bridgehead atoms. The lowest BCUT2D eigenvalue weighted by Gasteiger charge is -2.27. The van der Waals surface area contributed by atoms with Gasteiger partial charge in [-0.1, -0.05) is 12.1 Å². The van der Waals surface area contributed by atoms with Crippen molar-refractivity contribution in [3.63, 3.8) is 0 Å². The van der Waals surface area contributed by atoms with Crippen LogP contribution in [-0.4, -0.2) is 38.3 Å². The van der Waals surface area contributed by atoms with Gasteiger partial charge in [-0.05, 0) is 74.7 Å². The number of hydrogen-bond acceptors (Lipinski definition) is 6. The second-order valence-corrected chi connectivity index (χ2v) is 9.09. The molecule has 1 fully saturated rings. The molecule has 1 N–H and O–H groups in total. The number of aromatic nitrogens is 2. The third kappa shape index (κ3) is 5.14. The Kier molecular flexibility index (Phi) is 6.36. The van der Waals surface area contributed by atoms with Crippen molar-refractivity contribution in [2.45, 2.75) is 31.1 Å². The highest BCUT2D eigenvalue weighted by molar-refractivity contribution is 7.92. The van der Waals surface area contributed by atoms with E-state index in [9.17, 15) is 8.42 Å². The molecule has 1 aliphatic heterocycles. The maximum absolute atomic E-state index is 12.6. The molecule has 1 aromatic heterocycles. The van der Waals surface area contributed by atoms with Crippen LogP contribution in [0.25, 0.3) is 11.3 Å². The first kappa shape index (κ1) is 21.1. The molecule has 0 atom stereocenters. The van der Waals surface area contributed by atoms with Gasteiger partial charge in [0.2, 0.25) is 0 Å². The number of nitrogens with zero attached hydrogens (tertiary/aromatic N) is 3. The molecule has 2 aromatic carbocycles. The van der Waals surface area contributed by atoms with Crippen LogP contribution in [0.4, 0.5) is 11.5 Å². The van der Waals surface area contributed by atoms with Crippen molar-refractivity contribution < 1.29 is 13.2 Å². The van der Waals surface area contributed by atoms with Gasteiger partial charge in [0.25, 0.3) is 10.0 Å². The summed E-state index contributed by atoms with van der Waals surface area (Å²) >= 11 is 0. The molecule has 7 nitrogen and oxygen atoms in total. The summed E-state index contributed by atoms with van der Waals surface area (Å²) in [6.07, 6.45) is 3.66. The second kappa shape index (κ2) is 9.34. The Morgan fingerprint density at radius 3 is 2.23 bits per heavy atom. The van der Waals surface area contributed by atoms with Crippen LogP contribution in [0.5, 0.6) is 5.75 Å². The lowest BCUT2D eigenvalue weighted by Crippen LogP contribution is -2.30. The van der Waals surface area contributed by atoms with Crippen molar-refractivity contribution in [1.29, 1.82) is 0 Å². The largest absolute Gasteiger partial charge is 0.494 e. The average molecular weight is 439 g/mol. The van der Waals surface area contributed by atoms with Gasteiger partial charge in [0, 0.05) is 24.3 Å². The van der Waals surface area contributed by atoms with E-state index in [1.807, 2.05) is 31.2 Å². The molecule has 31 heavy (non-hydrogen) atoms. The summed E-state index contributed by atoms with van der Waals surface area (Å²) in [6, 6.07) is 17.4. The number of rotatable bonds is 7. The van der Waals surface area contributed by atoms with Crippen molar-refractivity contribution >= 4 is 21.5 Å². The van der Waals surface area contributed by atoms with Crippen molar-refractivity contribution in [3.05, 3.63) is 60.7 Å². The standard InChI is InChI=1S/C23H26N4O3S/c1-2-30-20-10-12-21(13-11-20)31(28,29)26-19-8-6-18(7-9-19)22-14-15-23(25-24-22)27-16-4-3-5-17-27/h6-15,26H,2-5,16-17H2,1H3. The summed E-state index contributed by atoms with van der Waals surface area (Å²) in [5, 5.41) is 8.73. The number of benzene rings is 2. The first-order chi connectivity index (χ1) is 15.0. The van der Waals surface area contributed by atoms with Gasteiger partial charge in [0.1, 0.15) is 5.75 Å². The predicted molar refractivity (Wildman–Crippen MR) is 122 cm³/mol. The zero-order chi connectivity index (χ0) is 21.7. The van der Waals surface area contributed by atoms with Crippen molar-refractivity contribution in [2.24, 2.45) is 0 Å². The van der Waals surface area contributed by atoms with Crippen molar-refractivity contribution in [1.82, 2.24) is 10.2 Å². The van der Waals surface area contributed by atoms with Gasteiger partial charge in [0.05, 0.1) is 17.2 Å². The Bertz CT molecular complexity index is 1090. The topological polar surface area (TPSA) is 84.4 Å². The highest BCUT2D eigenvalue weighted by Gasteiger charge is 2.15. The summed E-state index contributed by atoms with van der Waals surface area (Å²) < 4.78 is 33.2. The molecule has 4 rings (SSSR count). The zero-order valence-electron chi connectivity index (χ0n) is 17.5. The van der Waals surface area contributed by atoms with Gasteiger partial charge in [-0.25, -0.2) is 8.42 Å². The molecule has 0 radical (unpaired) electrons. The fraction of sp³-hybridized carbons (Fsp3) is 0.304. The third-order valence-corrected chi connectivity index (χ3v) is 6.61. The summed E-state index contributed by atoms with van der Waals surface area (Å²) in [7, 11) is -3.68. The monoisotopic (exact) mass is 438 g/mol. The Hall–Kier alpha value is -3.13. The van der Waals surface area contributed by atoms with Crippen LogP contribution < -0.4 is 14.4 Å². The third-order valence-electron chi connectivity index (χ3n) is 5.21. The summed E-state index contributed by atoms with van der Waals surface area (Å²) in [6.45, 7) is 4.46. The van der Waals surface area contributed by atoms with Crippen LogP contribution in [0.1, 0.15) is 26.2 Å². The van der Waals surface area contributed by atoms with E-state index in [0.29, 0.717) is 18.0 Å². The molecule has 1 aliphatic rings. The van der Waals surface area contributed by atoms with Crippen molar-refractivity contribution in [2.75, 3.05) is 29.3 Å². The number of piperidine rings is 1. The number of hydrogen-bond donors (Lipinski definition) is 1. The van der Waals surface area contributed by atoms with E-state index in [4.69, 9.17) is 4.74 Å². The number of nitrogens with one attached hydrogen (secondary N) is 1. The second-order valence-electron chi connectivity index (χ2n) is 7.41. The fourth-order valence-electron chi connectivity index (χ4n) is 3.58. The van der Waals surface area contributed by atoms with Crippen LogP contribution in [-0.2, 0) is 10.0 Å². The molecule has 3 aromatic rings. The van der Waals surface area contributed by atoms with E-state index in [1.54, 1.807) is 24.3 Å². The molecule has 0 saturated carbocycles. The van der Waals surface area contributed by atoms with Gasteiger partial charge < -0.3 is 9.64 Å². The Morgan fingerprint density at radius 1 is 0.903 bits per heavy atom. The highest BCUT2D eigenvalue weighted by atomic mass is 32.2. The van der Waals surface area contributed by atoms with Crippen LogP contribution in [0.2, 0.25) is 0 Å². The molecule has 2 heterocycles. The SMILES string of the molecule is CCOc1ccc(S(=O)(=O)Nc2ccc(-c3ccc(N4CCCCC4)nn3)cc2)cc1. The van der Waals surface area contributed by atoms with E-state index in [1.165, 1.54) is 31.4 Å². The summed E-state index contributed by atoms with van der Waals surface area (Å²) in [4.78, 5) is 2.44. The molecule has 162 valence electrons. The van der Waals surface area contributed by atoms with Crippen LogP contribution in [0.3, 0.4) is 0 Å². The van der Waals surface area contributed by atoms with Gasteiger partial charge in [-0.2, -0.15) is 0 Å². The highest BCUT2D eigenvalue weighted by Crippen LogP contribution is 2.24. The lowest BCUT2D eigenvalue weighted by molar-refractivity contribution is 0.340. The fourth-order valence-corrected chi connectivity index (χ4v) is 4.63. The first-order valence-corrected chi connectivity index (χ1v) is 12.0. The van der Waals surface area contributed by atoms with Gasteiger partial charge in [-0.3, -0.25) is 4.72 Å². The Balaban J connectivity index is 1.44. The maximum Gasteiger partial charge on any atom is 0.261 e. The molecular formula is C23H26N4O3S. The average Bonchev–Trinajstić information content (AvgIpc) is 2.81. The van der Waals surface area contributed by atoms with Gasteiger partial charge in [0.15, 0.2) is 5.82 Å². The van der Waals surface area contributed by atoms with Gasteiger partial charge in [-0.15, -0.1) is 10.2 Å². The summed E-state index contributed by atoms with van der Waals surface area (Å²) in [5.41, 5.74) is 2.11. The molecule has 0 amide bonds. The van der Waals surface area contributed by atoms with E-state index in [2.05, 4.69) is 19.8 Å². The van der Waals surface area contributed by atoms with E-state index in [-0.39, 0.29) is 4.90 Å². The number of anilines is 2. The minimum Gasteiger partial charge on any atom is -0.494 e. The minimum atomic E-state index is -3.68. The minimum absolute atomic E-state index is 0.180. The molecular weight excluding hydrogens is 412 g/mol. The molecule has 0 unspecified atom stereocenters. The molecule has 0 aliphatic carbocycles. The van der Waals surface area contributed by atoms with E-state index in [0.717, 1.165) is 30.2 Å². The zero-order valence-corrected chi connectivity index (χ0v) is 18.3. The van der Waals surface area contributed by atoms with E-state index < -0.39 is 10.0 Å². The predicted octanol–water partition coefficient (Wildman–Crippen LogP) is 4.33. The lowest BCUT2D eigenvalue weighted by atomic mass is 10.1. The number of sulfonamides is 1. The maximum atomic E-state index is 12.6. The molecule has 0 spiro atoms. The molecule has 1 saturated heterocycles. The van der Waals surface area contributed by atoms with Crippen LogP contribution in [0.15, 0.2) is 65.6 Å². The molecule has 8 heteroatoms. The summed E-state index contributed by atoms with van der Waals surface area (Å²) in [5.74, 6) is 1.54. The van der Waals surface area contributed by atoms with Crippen molar-refractivity contribution in [3.8, 4) is 17.0 Å². The van der Waals surface area contributed by atoms with E-state index >= 15 is 0 Å². The smallest absolute Gasteiger partial charge is 0.261 e. The van der Waals surface area contributed by atoms with Gasteiger partial charge >= 0.3 is 0 Å². The Morgan fingerprint density at radius 2 is 1.61 bits per heavy atom.